The van der Waals surface area contributed by atoms with Gasteiger partial charge in [-0.15, -0.1) is 0 Å². The van der Waals surface area contributed by atoms with Crippen molar-refractivity contribution in [3.05, 3.63) is 22.3 Å². The molecular formula is C13H22S. The maximum Gasteiger partial charge on any atom is 0.0189 e. The second kappa shape index (κ2) is 4.14. The molecule has 0 spiro atoms. The van der Waals surface area contributed by atoms with E-state index in [1.807, 2.05) is 11.8 Å². The van der Waals surface area contributed by atoms with Gasteiger partial charge in [-0.25, -0.2) is 0 Å². The maximum atomic E-state index is 2.39. The SMILES string of the molecule is CCSCC1(C)C(C)=C(C)C(C)=C1C. The number of hydrogen-bond acceptors (Lipinski definition) is 1. The van der Waals surface area contributed by atoms with Crippen LogP contribution in [0.1, 0.15) is 41.5 Å². The molecule has 0 saturated carbocycles. The molecule has 1 rings (SSSR count). The summed E-state index contributed by atoms with van der Waals surface area (Å²) in [4.78, 5) is 0. The first-order valence-electron chi connectivity index (χ1n) is 5.39. The van der Waals surface area contributed by atoms with Crippen molar-refractivity contribution in [2.45, 2.75) is 41.5 Å². The molecule has 0 radical (unpaired) electrons. The van der Waals surface area contributed by atoms with Crippen molar-refractivity contribution in [3.8, 4) is 0 Å². The molecule has 0 nitrogen and oxygen atoms in total. The van der Waals surface area contributed by atoms with Crippen molar-refractivity contribution in [1.82, 2.24) is 0 Å². The zero-order valence-corrected chi connectivity index (χ0v) is 11.1. The highest BCUT2D eigenvalue weighted by atomic mass is 32.2. The van der Waals surface area contributed by atoms with Gasteiger partial charge in [0, 0.05) is 11.2 Å². The van der Waals surface area contributed by atoms with Crippen LogP contribution in [0.3, 0.4) is 0 Å². The quantitative estimate of drug-likeness (QED) is 0.664. The third kappa shape index (κ3) is 1.67. The molecule has 0 bridgehead atoms. The number of thioether (sulfide) groups is 1. The fourth-order valence-corrected chi connectivity index (χ4v) is 3.24. The van der Waals surface area contributed by atoms with Crippen LogP contribution in [0.2, 0.25) is 0 Å². The second-order valence-corrected chi connectivity index (χ2v) is 5.74. The first-order valence-corrected chi connectivity index (χ1v) is 6.54. The van der Waals surface area contributed by atoms with E-state index in [2.05, 4.69) is 41.5 Å². The molecule has 0 atom stereocenters. The van der Waals surface area contributed by atoms with E-state index in [1.54, 1.807) is 11.1 Å². The normalized spacial score (nSPS) is 21.0. The number of hydrogen-bond donors (Lipinski definition) is 0. The molecule has 0 aliphatic heterocycles. The lowest BCUT2D eigenvalue weighted by Gasteiger charge is -2.28. The molecule has 0 N–H and O–H groups in total. The van der Waals surface area contributed by atoms with Gasteiger partial charge in [-0.2, -0.15) is 11.8 Å². The molecular weight excluding hydrogens is 188 g/mol. The van der Waals surface area contributed by atoms with Crippen LogP contribution in [-0.4, -0.2) is 11.5 Å². The highest BCUT2D eigenvalue weighted by molar-refractivity contribution is 7.99. The average molecular weight is 210 g/mol. The molecule has 0 amide bonds. The lowest BCUT2D eigenvalue weighted by atomic mass is 9.81. The van der Waals surface area contributed by atoms with Gasteiger partial charge in [-0.3, -0.25) is 0 Å². The second-order valence-electron chi connectivity index (χ2n) is 4.47. The third-order valence-electron chi connectivity index (χ3n) is 3.94. The predicted molar refractivity (Wildman–Crippen MR) is 67.9 cm³/mol. The minimum Gasteiger partial charge on any atom is -0.161 e. The molecule has 0 aromatic rings. The van der Waals surface area contributed by atoms with Gasteiger partial charge in [0.1, 0.15) is 0 Å². The highest BCUT2D eigenvalue weighted by Gasteiger charge is 2.35. The summed E-state index contributed by atoms with van der Waals surface area (Å²) >= 11 is 2.05. The molecule has 0 fully saturated rings. The zero-order chi connectivity index (χ0) is 10.9. The van der Waals surface area contributed by atoms with Crippen LogP contribution in [0.5, 0.6) is 0 Å². The van der Waals surface area contributed by atoms with Crippen molar-refractivity contribution in [2.75, 3.05) is 11.5 Å². The van der Waals surface area contributed by atoms with E-state index in [9.17, 15) is 0 Å². The molecule has 1 aliphatic carbocycles. The fourth-order valence-electron chi connectivity index (χ4n) is 2.19. The van der Waals surface area contributed by atoms with Crippen LogP contribution in [0.15, 0.2) is 22.3 Å². The first-order chi connectivity index (χ1) is 6.45. The van der Waals surface area contributed by atoms with Crippen molar-refractivity contribution in [2.24, 2.45) is 5.41 Å². The lowest BCUT2D eigenvalue weighted by Crippen LogP contribution is -2.20. The molecule has 0 unspecified atom stereocenters. The van der Waals surface area contributed by atoms with Crippen molar-refractivity contribution in [1.29, 1.82) is 0 Å². The van der Waals surface area contributed by atoms with E-state index >= 15 is 0 Å². The van der Waals surface area contributed by atoms with Gasteiger partial charge in [0.25, 0.3) is 0 Å². The van der Waals surface area contributed by atoms with E-state index in [-0.39, 0.29) is 0 Å². The van der Waals surface area contributed by atoms with E-state index in [4.69, 9.17) is 0 Å². The third-order valence-corrected chi connectivity index (χ3v) is 5.13. The van der Waals surface area contributed by atoms with E-state index < -0.39 is 0 Å². The summed E-state index contributed by atoms with van der Waals surface area (Å²) in [5, 5.41) is 0. The topological polar surface area (TPSA) is 0 Å². The summed E-state index contributed by atoms with van der Waals surface area (Å²) in [5.74, 6) is 2.45. The molecule has 0 aromatic heterocycles. The standard InChI is InChI=1S/C13H22S/c1-7-14-8-13(6)11(4)9(2)10(3)12(13)5/h7-8H2,1-6H3. The Kier molecular flexibility index (Phi) is 3.52. The highest BCUT2D eigenvalue weighted by Crippen LogP contribution is 2.47. The van der Waals surface area contributed by atoms with E-state index in [1.165, 1.54) is 22.7 Å². The molecule has 0 aromatic carbocycles. The predicted octanol–water partition coefficient (Wildman–Crippen LogP) is 4.43. The molecule has 80 valence electrons. The summed E-state index contributed by atoms with van der Waals surface area (Å²) in [6.45, 7) is 13.7. The Labute approximate surface area is 92.9 Å². The Morgan fingerprint density at radius 2 is 1.43 bits per heavy atom. The largest absolute Gasteiger partial charge is 0.161 e. The fraction of sp³-hybridized carbons (Fsp3) is 0.692. The van der Waals surface area contributed by atoms with Crippen LogP contribution in [0, 0.1) is 5.41 Å². The molecule has 1 aliphatic rings. The van der Waals surface area contributed by atoms with Crippen LogP contribution in [0.25, 0.3) is 0 Å². The van der Waals surface area contributed by atoms with Gasteiger partial charge in [0.2, 0.25) is 0 Å². The number of allylic oxidation sites excluding steroid dienone is 4. The molecule has 0 heterocycles. The smallest absolute Gasteiger partial charge is 0.0189 e. The van der Waals surface area contributed by atoms with Gasteiger partial charge >= 0.3 is 0 Å². The van der Waals surface area contributed by atoms with Crippen LogP contribution in [0.4, 0.5) is 0 Å². The molecule has 1 heteroatoms. The van der Waals surface area contributed by atoms with Gasteiger partial charge in [-0.05, 0) is 44.6 Å². The Bertz CT molecular complexity index is 270. The first kappa shape index (κ1) is 11.9. The average Bonchev–Trinajstić information content (AvgIpc) is 2.32. The Balaban J connectivity index is 3.00. The Morgan fingerprint density at radius 3 is 1.79 bits per heavy atom. The lowest BCUT2D eigenvalue weighted by molar-refractivity contribution is 0.559. The van der Waals surface area contributed by atoms with Crippen molar-refractivity contribution >= 4 is 11.8 Å². The van der Waals surface area contributed by atoms with Crippen molar-refractivity contribution < 1.29 is 0 Å². The minimum atomic E-state index is 0.328. The summed E-state index contributed by atoms with van der Waals surface area (Å²) < 4.78 is 0. The van der Waals surface area contributed by atoms with E-state index in [0.717, 1.165) is 0 Å². The Hall–Kier alpha value is -0.170. The summed E-state index contributed by atoms with van der Waals surface area (Å²) in [6.07, 6.45) is 0. The Morgan fingerprint density at radius 1 is 1.00 bits per heavy atom. The van der Waals surface area contributed by atoms with Gasteiger partial charge in [0.15, 0.2) is 0 Å². The maximum absolute atomic E-state index is 2.39. The van der Waals surface area contributed by atoms with Crippen LogP contribution >= 0.6 is 11.8 Å². The molecule has 0 saturated heterocycles. The van der Waals surface area contributed by atoms with Crippen molar-refractivity contribution in [3.63, 3.8) is 0 Å². The van der Waals surface area contributed by atoms with E-state index in [0.29, 0.717) is 5.41 Å². The molecule has 14 heavy (non-hydrogen) atoms. The van der Waals surface area contributed by atoms with Gasteiger partial charge < -0.3 is 0 Å². The summed E-state index contributed by atoms with van der Waals surface area (Å²) in [5.41, 5.74) is 6.51. The minimum absolute atomic E-state index is 0.328. The van der Waals surface area contributed by atoms with Crippen LogP contribution in [-0.2, 0) is 0 Å². The van der Waals surface area contributed by atoms with Gasteiger partial charge in [-0.1, -0.05) is 25.0 Å². The monoisotopic (exact) mass is 210 g/mol. The summed E-state index contributed by atoms with van der Waals surface area (Å²) in [6, 6.07) is 0. The summed E-state index contributed by atoms with van der Waals surface area (Å²) in [7, 11) is 0. The van der Waals surface area contributed by atoms with Crippen LogP contribution < -0.4 is 0 Å². The number of rotatable bonds is 3. The zero-order valence-electron chi connectivity index (χ0n) is 10.3. The van der Waals surface area contributed by atoms with Gasteiger partial charge in [0.05, 0.1) is 0 Å².